The molecule has 3 aromatic rings. The Kier molecular flexibility index (Phi) is 7.32. The number of nitrogens with one attached hydrogen (secondary N) is 2. The molecule has 0 aliphatic carbocycles. The molecular formula is C19H21ClN4O2. The second kappa shape index (κ2) is 9.70. The Labute approximate surface area is 158 Å². The molecule has 2 aromatic heterocycles. The van der Waals surface area contributed by atoms with Gasteiger partial charge in [-0.1, -0.05) is 30.3 Å². The van der Waals surface area contributed by atoms with E-state index in [2.05, 4.69) is 32.9 Å². The van der Waals surface area contributed by atoms with E-state index in [1.165, 1.54) is 12.5 Å². The molecule has 3 rings (SSSR count). The van der Waals surface area contributed by atoms with Gasteiger partial charge < -0.3 is 5.32 Å². The molecule has 0 bridgehead atoms. The Bertz CT molecular complexity index is 859. The number of nitrogens with zero attached hydrogens (tertiary/aromatic N) is 2. The van der Waals surface area contributed by atoms with Crippen LogP contribution in [0.1, 0.15) is 18.1 Å². The molecule has 0 saturated heterocycles. The van der Waals surface area contributed by atoms with Gasteiger partial charge in [-0.25, -0.2) is 5.48 Å². The van der Waals surface area contributed by atoms with Crippen molar-refractivity contribution in [3.63, 3.8) is 0 Å². The lowest BCUT2D eigenvalue weighted by molar-refractivity contribution is -0.131. The molecule has 0 aliphatic heterocycles. The third-order valence-electron chi connectivity index (χ3n) is 3.71. The van der Waals surface area contributed by atoms with Crippen molar-refractivity contribution in [2.24, 2.45) is 0 Å². The number of benzene rings is 1. The molecule has 26 heavy (non-hydrogen) atoms. The van der Waals surface area contributed by atoms with Crippen LogP contribution in [0.25, 0.3) is 11.0 Å². The zero-order valence-corrected chi connectivity index (χ0v) is 15.3. The number of amides is 1. The van der Waals surface area contributed by atoms with Crippen LogP contribution in [-0.2, 0) is 22.6 Å². The number of hydroxylamine groups is 1. The van der Waals surface area contributed by atoms with E-state index in [1.54, 1.807) is 6.20 Å². The maximum Gasteiger partial charge on any atom is 0.240 e. The number of pyridine rings is 2. The third-order valence-corrected chi connectivity index (χ3v) is 3.71. The predicted octanol–water partition coefficient (Wildman–Crippen LogP) is 3.27. The summed E-state index contributed by atoms with van der Waals surface area (Å²) in [5, 5.41) is 3.48. The Morgan fingerprint density at radius 2 is 1.92 bits per heavy atom. The number of fused-ring (bicyclic) bond motifs is 1. The molecule has 0 atom stereocenters. The Morgan fingerprint density at radius 1 is 1.12 bits per heavy atom. The number of halogens is 1. The zero-order chi connectivity index (χ0) is 17.5. The van der Waals surface area contributed by atoms with Gasteiger partial charge in [0.25, 0.3) is 0 Å². The number of carbonyl (C=O) groups excluding carboxylic acids is 1. The van der Waals surface area contributed by atoms with E-state index in [1.807, 2.05) is 36.5 Å². The fraction of sp³-hybridized carbons (Fsp3) is 0.211. The summed E-state index contributed by atoms with van der Waals surface area (Å²) in [6.07, 6.45) is 4.20. The van der Waals surface area contributed by atoms with Gasteiger partial charge in [-0.05, 0) is 23.3 Å². The quantitative estimate of drug-likeness (QED) is 0.491. The first-order valence-corrected chi connectivity index (χ1v) is 8.13. The monoisotopic (exact) mass is 372 g/mol. The first-order chi connectivity index (χ1) is 12.2. The summed E-state index contributed by atoms with van der Waals surface area (Å²) in [5.41, 5.74) is 7.12. The maximum atomic E-state index is 10.9. The molecule has 2 heterocycles. The topological polar surface area (TPSA) is 76.1 Å². The van der Waals surface area contributed by atoms with Crippen molar-refractivity contribution >= 4 is 35.0 Å². The summed E-state index contributed by atoms with van der Waals surface area (Å²) in [6, 6.07) is 14.0. The lowest BCUT2D eigenvalue weighted by Crippen LogP contribution is -2.21. The van der Waals surface area contributed by atoms with Crippen LogP contribution in [0.2, 0.25) is 0 Å². The SMILES string of the molecule is CC(=O)NOCCc1cnc2cccnc2c1NCc1ccccc1.Cl. The molecule has 7 heteroatoms. The average molecular weight is 373 g/mol. The first-order valence-electron chi connectivity index (χ1n) is 8.13. The first kappa shape index (κ1) is 19.6. The van der Waals surface area contributed by atoms with E-state index >= 15 is 0 Å². The lowest BCUT2D eigenvalue weighted by Gasteiger charge is -2.14. The van der Waals surface area contributed by atoms with Crippen molar-refractivity contribution in [3.05, 3.63) is 66.0 Å². The molecule has 0 saturated carbocycles. The summed E-state index contributed by atoms with van der Waals surface area (Å²) in [5.74, 6) is -0.222. The van der Waals surface area contributed by atoms with E-state index in [9.17, 15) is 4.79 Å². The third kappa shape index (κ3) is 5.15. The van der Waals surface area contributed by atoms with Crippen molar-refractivity contribution < 1.29 is 9.63 Å². The number of aromatic nitrogens is 2. The molecule has 136 valence electrons. The highest BCUT2D eigenvalue weighted by Crippen LogP contribution is 2.25. The number of anilines is 1. The summed E-state index contributed by atoms with van der Waals surface area (Å²) in [6.45, 7) is 2.46. The summed E-state index contributed by atoms with van der Waals surface area (Å²) in [7, 11) is 0. The highest BCUT2D eigenvalue weighted by Gasteiger charge is 2.10. The zero-order valence-electron chi connectivity index (χ0n) is 14.4. The Balaban J connectivity index is 0.00000243. The van der Waals surface area contributed by atoms with Crippen LogP contribution in [0.4, 0.5) is 5.69 Å². The van der Waals surface area contributed by atoms with Gasteiger partial charge in [0.1, 0.15) is 5.52 Å². The highest BCUT2D eigenvalue weighted by molar-refractivity contribution is 5.89. The minimum atomic E-state index is -0.222. The van der Waals surface area contributed by atoms with E-state index in [-0.39, 0.29) is 18.3 Å². The second-order valence-corrected chi connectivity index (χ2v) is 5.63. The molecule has 2 N–H and O–H groups in total. The molecule has 1 aromatic carbocycles. The molecule has 0 radical (unpaired) electrons. The van der Waals surface area contributed by atoms with Crippen molar-refractivity contribution in [3.8, 4) is 0 Å². The van der Waals surface area contributed by atoms with E-state index < -0.39 is 0 Å². The van der Waals surface area contributed by atoms with Crippen molar-refractivity contribution in [2.45, 2.75) is 19.9 Å². The van der Waals surface area contributed by atoms with Crippen LogP contribution >= 0.6 is 12.4 Å². The molecular weight excluding hydrogens is 352 g/mol. The van der Waals surface area contributed by atoms with E-state index in [0.29, 0.717) is 19.6 Å². The predicted molar refractivity (Wildman–Crippen MR) is 104 cm³/mol. The summed E-state index contributed by atoms with van der Waals surface area (Å²) >= 11 is 0. The second-order valence-electron chi connectivity index (χ2n) is 5.63. The largest absolute Gasteiger partial charge is 0.379 e. The fourth-order valence-electron chi connectivity index (χ4n) is 2.54. The van der Waals surface area contributed by atoms with Crippen LogP contribution < -0.4 is 10.8 Å². The van der Waals surface area contributed by atoms with Gasteiger partial charge in [-0.2, -0.15) is 0 Å². The molecule has 0 unspecified atom stereocenters. The lowest BCUT2D eigenvalue weighted by atomic mass is 10.1. The van der Waals surface area contributed by atoms with Crippen LogP contribution in [0.5, 0.6) is 0 Å². The molecule has 0 spiro atoms. The van der Waals surface area contributed by atoms with Crippen LogP contribution in [-0.4, -0.2) is 22.5 Å². The Morgan fingerprint density at radius 3 is 2.69 bits per heavy atom. The van der Waals surface area contributed by atoms with Gasteiger partial charge in [-0.15, -0.1) is 12.4 Å². The number of rotatable bonds is 7. The van der Waals surface area contributed by atoms with Crippen molar-refractivity contribution in [2.75, 3.05) is 11.9 Å². The standard InChI is InChI=1S/C19H20N4O2.ClH/c1-14(24)23-25-11-9-16-13-21-17-8-5-10-20-19(17)18(16)22-12-15-6-3-2-4-7-15;/h2-8,10,13H,9,11-12H2,1H3,(H,21,22)(H,23,24);1H. The summed E-state index contributed by atoms with van der Waals surface area (Å²) in [4.78, 5) is 25.0. The van der Waals surface area contributed by atoms with Gasteiger partial charge in [0.05, 0.1) is 17.8 Å². The summed E-state index contributed by atoms with van der Waals surface area (Å²) < 4.78 is 0. The smallest absolute Gasteiger partial charge is 0.240 e. The highest BCUT2D eigenvalue weighted by atomic mass is 35.5. The van der Waals surface area contributed by atoms with Gasteiger partial charge in [-0.3, -0.25) is 19.6 Å². The van der Waals surface area contributed by atoms with E-state index in [4.69, 9.17) is 4.84 Å². The Hall–Kier alpha value is -2.70. The average Bonchev–Trinajstić information content (AvgIpc) is 2.64. The van der Waals surface area contributed by atoms with Crippen LogP contribution in [0.3, 0.4) is 0 Å². The van der Waals surface area contributed by atoms with Crippen LogP contribution in [0, 0.1) is 0 Å². The van der Waals surface area contributed by atoms with Gasteiger partial charge >= 0.3 is 0 Å². The number of hydrogen-bond donors (Lipinski definition) is 2. The van der Waals surface area contributed by atoms with Gasteiger partial charge in [0.15, 0.2) is 0 Å². The number of carbonyl (C=O) groups is 1. The van der Waals surface area contributed by atoms with E-state index in [0.717, 1.165) is 22.3 Å². The normalized spacial score (nSPS) is 10.2. The molecule has 0 fully saturated rings. The van der Waals surface area contributed by atoms with Crippen molar-refractivity contribution in [1.82, 2.24) is 15.4 Å². The van der Waals surface area contributed by atoms with Crippen molar-refractivity contribution in [1.29, 1.82) is 0 Å². The molecule has 1 amide bonds. The minimum absolute atomic E-state index is 0. The fourth-order valence-corrected chi connectivity index (χ4v) is 2.54. The molecule has 6 nitrogen and oxygen atoms in total. The minimum Gasteiger partial charge on any atom is -0.379 e. The molecule has 0 aliphatic rings. The maximum absolute atomic E-state index is 10.9. The van der Waals surface area contributed by atoms with Gasteiger partial charge in [0, 0.05) is 32.3 Å². The van der Waals surface area contributed by atoms with Gasteiger partial charge in [0.2, 0.25) is 5.91 Å². The number of hydrogen-bond acceptors (Lipinski definition) is 5. The van der Waals surface area contributed by atoms with Crippen LogP contribution in [0.15, 0.2) is 54.9 Å².